The number of pyridine rings is 1. The highest BCUT2D eigenvalue weighted by atomic mass is 35.5. The zero-order valence-corrected chi connectivity index (χ0v) is 18.0. The number of hydrogen-bond acceptors (Lipinski definition) is 4. The molecule has 0 amide bonds. The molecule has 3 aromatic rings. The summed E-state index contributed by atoms with van der Waals surface area (Å²) in [5.41, 5.74) is 2.75. The van der Waals surface area contributed by atoms with E-state index in [9.17, 15) is 4.39 Å². The Bertz CT molecular complexity index is 1070. The van der Waals surface area contributed by atoms with Gasteiger partial charge in [-0.2, -0.15) is 5.26 Å². The Kier molecular flexibility index (Phi) is 6.50. The van der Waals surface area contributed by atoms with Gasteiger partial charge in [0.25, 0.3) is 0 Å². The van der Waals surface area contributed by atoms with Gasteiger partial charge in [0.15, 0.2) is 0 Å². The number of likely N-dealkylation sites (tertiary alicyclic amines) is 1. The summed E-state index contributed by atoms with van der Waals surface area (Å²) in [7, 11) is 0. The van der Waals surface area contributed by atoms with Gasteiger partial charge < -0.3 is 4.74 Å². The number of nitrogens with zero attached hydrogens (tertiary/aromatic N) is 3. The Morgan fingerprint density at radius 1 is 1.19 bits per heavy atom. The molecule has 0 N–H and O–H groups in total. The van der Waals surface area contributed by atoms with Crippen LogP contribution in [0.25, 0.3) is 0 Å². The number of benzene rings is 2. The first-order valence-corrected chi connectivity index (χ1v) is 10.7. The van der Waals surface area contributed by atoms with Crippen molar-refractivity contribution in [1.82, 2.24) is 9.88 Å². The van der Waals surface area contributed by atoms with Crippen LogP contribution in [0.3, 0.4) is 0 Å². The van der Waals surface area contributed by atoms with E-state index in [0.29, 0.717) is 11.4 Å². The van der Waals surface area contributed by atoms with Crippen molar-refractivity contribution in [3.05, 3.63) is 94.4 Å². The van der Waals surface area contributed by atoms with E-state index in [1.54, 1.807) is 18.2 Å². The fraction of sp³-hybridized carbons (Fsp3) is 0.280. The highest BCUT2D eigenvalue weighted by Gasteiger charge is 2.38. The standard InChI is InChI=1S/C25H23ClFN3O/c1-17(31-25-10-7-19(12-28)13-29-25)21-15-30(14-18-5-3-2-4-6-18)16-22(21)20-8-9-24(27)23(26)11-20/h2-11,13,17,21-22H,14-16H2,1H3/t17-,21+,22+/m0/s1. The van der Waals surface area contributed by atoms with Gasteiger partial charge in [-0.05, 0) is 36.2 Å². The monoisotopic (exact) mass is 435 g/mol. The number of ether oxygens (including phenoxy) is 1. The number of rotatable bonds is 6. The Morgan fingerprint density at radius 2 is 2.00 bits per heavy atom. The van der Waals surface area contributed by atoms with Crippen molar-refractivity contribution in [3.63, 3.8) is 0 Å². The van der Waals surface area contributed by atoms with Crippen molar-refractivity contribution < 1.29 is 9.13 Å². The van der Waals surface area contributed by atoms with Gasteiger partial charge in [-0.15, -0.1) is 0 Å². The Hall–Kier alpha value is -2.94. The number of aromatic nitrogens is 1. The number of hydrogen-bond donors (Lipinski definition) is 0. The topological polar surface area (TPSA) is 49.1 Å². The molecule has 6 heteroatoms. The summed E-state index contributed by atoms with van der Waals surface area (Å²) in [5, 5.41) is 9.10. The second-order valence-corrected chi connectivity index (χ2v) is 8.35. The normalized spacial score (nSPS) is 19.7. The van der Waals surface area contributed by atoms with Crippen LogP contribution in [-0.4, -0.2) is 29.1 Å². The van der Waals surface area contributed by atoms with Crippen LogP contribution < -0.4 is 4.74 Å². The molecule has 31 heavy (non-hydrogen) atoms. The van der Waals surface area contributed by atoms with Crippen molar-refractivity contribution in [2.45, 2.75) is 25.5 Å². The number of halogens is 2. The molecule has 0 radical (unpaired) electrons. The molecule has 0 unspecified atom stereocenters. The summed E-state index contributed by atoms with van der Waals surface area (Å²) in [6.45, 7) is 4.54. The van der Waals surface area contributed by atoms with Crippen LogP contribution in [0.1, 0.15) is 29.5 Å². The molecule has 3 atom stereocenters. The molecule has 0 bridgehead atoms. The van der Waals surface area contributed by atoms with Gasteiger partial charge >= 0.3 is 0 Å². The van der Waals surface area contributed by atoms with Gasteiger partial charge in [-0.25, -0.2) is 9.37 Å². The lowest BCUT2D eigenvalue weighted by Crippen LogP contribution is -2.30. The first-order valence-electron chi connectivity index (χ1n) is 10.3. The molecule has 1 aliphatic rings. The molecule has 1 fully saturated rings. The largest absolute Gasteiger partial charge is 0.474 e. The van der Waals surface area contributed by atoms with Crippen LogP contribution in [0.2, 0.25) is 5.02 Å². The Labute approximate surface area is 186 Å². The molecule has 1 aliphatic heterocycles. The third-order valence-electron chi connectivity index (χ3n) is 5.84. The lowest BCUT2D eigenvalue weighted by Gasteiger charge is -2.26. The average Bonchev–Trinajstić information content (AvgIpc) is 3.21. The van der Waals surface area contributed by atoms with Gasteiger partial charge in [0.05, 0.1) is 10.6 Å². The molecule has 0 aliphatic carbocycles. The van der Waals surface area contributed by atoms with Gasteiger partial charge in [0.2, 0.25) is 5.88 Å². The van der Waals surface area contributed by atoms with Crippen LogP contribution in [0.5, 0.6) is 5.88 Å². The molecular formula is C25H23ClFN3O. The predicted octanol–water partition coefficient (Wildman–Crippen LogP) is 5.43. The minimum atomic E-state index is -0.410. The lowest BCUT2D eigenvalue weighted by atomic mass is 9.85. The minimum absolute atomic E-state index is 0.130. The zero-order chi connectivity index (χ0) is 21.8. The molecule has 2 aromatic carbocycles. The smallest absolute Gasteiger partial charge is 0.213 e. The first kappa shape index (κ1) is 21.3. The van der Waals surface area contributed by atoms with Crippen LogP contribution in [-0.2, 0) is 6.54 Å². The second kappa shape index (κ2) is 9.47. The van der Waals surface area contributed by atoms with E-state index < -0.39 is 5.82 Å². The first-order chi connectivity index (χ1) is 15.0. The van der Waals surface area contributed by atoms with Crippen LogP contribution >= 0.6 is 11.6 Å². The highest BCUT2D eigenvalue weighted by Crippen LogP contribution is 2.38. The fourth-order valence-electron chi connectivity index (χ4n) is 4.25. The number of nitriles is 1. The summed E-state index contributed by atoms with van der Waals surface area (Å²) in [6, 6.07) is 20.8. The molecule has 4 rings (SSSR count). The molecule has 158 valence electrons. The average molecular weight is 436 g/mol. The minimum Gasteiger partial charge on any atom is -0.474 e. The maximum atomic E-state index is 13.8. The molecule has 0 saturated carbocycles. The molecule has 0 spiro atoms. The molecule has 2 heterocycles. The summed E-state index contributed by atoms with van der Waals surface area (Å²) >= 11 is 6.09. The highest BCUT2D eigenvalue weighted by molar-refractivity contribution is 6.30. The zero-order valence-electron chi connectivity index (χ0n) is 17.2. The van der Waals surface area contributed by atoms with E-state index in [1.165, 1.54) is 17.8 Å². The molecule has 4 nitrogen and oxygen atoms in total. The van der Waals surface area contributed by atoms with Crippen molar-refractivity contribution in [1.29, 1.82) is 5.26 Å². The molecular weight excluding hydrogens is 413 g/mol. The van der Waals surface area contributed by atoms with Crippen molar-refractivity contribution in [2.75, 3.05) is 13.1 Å². The molecule has 1 aromatic heterocycles. The van der Waals surface area contributed by atoms with Crippen LogP contribution in [0, 0.1) is 23.1 Å². The fourth-order valence-corrected chi connectivity index (χ4v) is 4.44. The SMILES string of the molecule is C[C@H](Oc1ccc(C#N)cn1)[C@H]1CN(Cc2ccccc2)C[C@@H]1c1ccc(F)c(Cl)c1. The van der Waals surface area contributed by atoms with Crippen molar-refractivity contribution >= 4 is 11.6 Å². The second-order valence-electron chi connectivity index (χ2n) is 7.94. The van der Waals surface area contributed by atoms with Crippen LogP contribution in [0.15, 0.2) is 66.9 Å². The summed E-state index contributed by atoms with van der Waals surface area (Å²) < 4.78 is 19.9. The summed E-state index contributed by atoms with van der Waals surface area (Å²) in [4.78, 5) is 6.64. The van der Waals surface area contributed by atoms with Gasteiger partial charge in [0, 0.05) is 43.7 Å². The van der Waals surface area contributed by atoms with E-state index in [4.69, 9.17) is 21.6 Å². The maximum Gasteiger partial charge on any atom is 0.213 e. The summed E-state index contributed by atoms with van der Waals surface area (Å²) in [5.74, 6) is 0.397. The third-order valence-corrected chi connectivity index (χ3v) is 6.13. The van der Waals surface area contributed by atoms with E-state index in [2.05, 4.69) is 28.1 Å². The van der Waals surface area contributed by atoms with E-state index >= 15 is 0 Å². The van der Waals surface area contributed by atoms with Gasteiger partial charge in [0.1, 0.15) is 18.0 Å². The van der Waals surface area contributed by atoms with Crippen LogP contribution in [0.4, 0.5) is 4.39 Å². The van der Waals surface area contributed by atoms with Gasteiger partial charge in [-0.1, -0.05) is 48.0 Å². The lowest BCUT2D eigenvalue weighted by molar-refractivity contribution is 0.138. The van der Waals surface area contributed by atoms with E-state index in [1.807, 2.05) is 31.2 Å². The maximum absolute atomic E-state index is 13.8. The van der Waals surface area contributed by atoms with E-state index in [-0.39, 0.29) is 23.0 Å². The van der Waals surface area contributed by atoms with Crippen molar-refractivity contribution in [2.24, 2.45) is 5.92 Å². The third kappa shape index (κ3) is 5.04. The molecule has 1 saturated heterocycles. The Morgan fingerprint density at radius 3 is 2.68 bits per heavy atom. The van der Waals surface area contributed by atoms with Gasteiger partial charge in [-0.3, -0.25) is 4.90 Å². The predicted molar refractivity (Wildman–Crippen MR) is 118 cm³/mol. The Balaban J connectivity index is 1.56. The van der Waals surface area contributed by atoms with E-state index in [0.717, 1.165) is 25.2 Å². The van der Waals surface area contributed by atoms with Crippen molar-refractivity contribution in [3.8, 4) is 11.9 Å². The quantitative estimate of drug-likeness (QED) is 0.518. The summed E-state index contributed by atoms with van der Waals surface area (Å²) in [6.07, 6.45) is 1.38.